The van der Waals surface area contributed by atoms with Crippen LogP contribution in [-0.4, -0.2) is 17.8 Å². The average Bonchev–Trinajstić information content (AvgIpc) is 3.09. The van der Waals surface area contributed by atoms with Gasteiger partial charge in [0.2, 0.25) is 11.8 Å². The fourth-order valence-corrected chi connectivity index (χ4v) is 4.07. The van der Waals surface area contributed by atoms with Gasteiger partial charge in [-0.05, 0) is 55.4 Å². The lowest BCUT2D eigenvalue weighted by molar-refractivity contribution is -0.314. The first-order valence-corrected chi connectivity index (χ1v) is 7.85. The van der Waals surface area contributed by atoms with E-state index in [4.69, 9.17) is 0 Å². The highest BCUT2D eigenvalue weighted by molar-refractivity contribution is 5.96. The maximum atomic E-state index is 12.5. The van der Waals surface area contributed by atoms with Crippen molar-refractivity contribution in [2.24, 2.45) is 23.7 Å². The van der Waals surface area contributed by atoms with Gasteiger partial charge in [0.1, 0.15) is 0 Å². The van der Waals surface area contributed by atoms with E-state index in [0.29, 0.717) is 11.4 Å². The fourth-order valence-electron chi connectivity index (χ4n) is 4.07. The largest absolute Gasteiger partial charge is 0.550 e. The third-order valence-corrected chi connectivity index (χ3v) is 4.96. The lowest BCUT2D eigenvalue weighted by atomic mass is 9.78. The van der Waals surface area contributed by atoms with Gasteiger partial charge in [0.15, 0.2) is 0 Å². The second kappa shape index (κ2) is 6.02. The van der Waals surface area contributed by atoms with Crippen molar-refractivity contribution in [2.45, 2.75) is 26.2 Å². The SMILES string of the molecule is CC(=O)Nc1ccc(NC(=O)C2C3CCC(C3)C2C(=O)[O-])cc1. The van der Waals surface area contributed by atoms with Gasteiger partial charge < -0.3 is 20.5 Å². The van der Waals surface area contributed by atoms with Crippen LogP contribution in [0.5, 0.6) is 0 Å². The maximum absolute atomic E-state index is 12.5. The van der Waals surface area contributed by atoms with Crippen LogP contribution in [0, 0.1) is 23.7 Å². The molecule has 6 heteroatoms. The minimum Gasteiger partial charge on any atom is -0.550 e. The Morgan fingerprint density at radius 2 is 1.48 bits per heavy atom. The van der Waals surface area contributed by atoms with Crippen molar-refractivity contribution in [3.05, 3.63) is 24.3 Å². The molecule has 2 N–H and O–H groups in total. The smallest absolute Gasteiger partial charge is 0.228 e. The molecule has 2 aliphatic rings. The van der Waals surface area contributed by atoms with Gasteiger partial charge >= 0.3 is 0 Å². The molecule has 0 radical (unpaired) electrons. The van der Waals surface area contributed by atoms with Gasteiger partial charge in [-0.25, -0.2) is 0 Å². The molecule has 1 aromatic rings. The predicted octanol–water partition coefficient (Wildman–Crippen LogP) is 0.996. The second-order valence-electron chi connectivity index (χ2n) is 6.45. The van der Waals surface area contributed by atoms with Crippen LogP contribution in [0.15, 0.2) is 24.3 Å². The van der Waals surface area contributed by atoms with Crippen LogP contribution in [0.3, 0.4) is 0 Å². The Morgan fingerprint density at radius 1 is 0.957 bits per heavy atom. The molecule has 1 aromatic carbocycles. The number of hydrogen-bond acceptors (Lipinski definition) is 4. The standard InChI is InChI=1S/C17H20N2O4/c1-9(20)18-12-4-6-13(7-5-12)19-16(21)14-10-2-3-11(8-10)15(14)17(22)23/h4-7,10-11,14-15H,2-3,8H2,1H3,(H,18,20)(H,19,21)(H,22,23)/p-1. The van der Waals surface area contributed by atoms with Crippen molar-refractivity contribution in [1.82, 2.24) is 0 Å². The maximum Gasteiger partial charge on any atom is 0.228 e. The molecule has 0 spiro atoms. The van der Waals surface area contributed by atoms with Gasteiger partial charge in [-0.3, -0.25) is 9.59 Å². The Morgan fingerprint density at radius 3 is 2.00 bits per heavy atom. The highest BCUT2D eigenvalue weighted by atomic mass is 16.4. The number of rotatable bonds is 4. The first kappa shape index (κ1) is 15.5. The molecule has 122 valence electrons. The Hall–Kier alpha value is -2.37. The van der Waals surface area contributed by atoms with Crippen LogP contribution in [0.1, 0.15) is 26.2 Å². The number of carbonyl (C=O) groups is 3. The average molecular weight is 315 g/mol. The van der Waals surface area contributed by atoms with Crippen molar-refractivity contribution in [2.75, 3.05) is 10.6 Å². The summed E-state index contributed by atoms with van der Waals surface area (Å²) in [5, 5.41) is 16.8. The summed E-state index contributed by atoms with van der Waals surface area (Å²) < 4.78 is 0. The summed E-state index contributed by atoms with van der Waals surface area (Å²) in [4.78, 5) is 34.9. The van der Waals surface area contributed by atoms with Crippen LogP contribution >= 0.6 is 0 Å². The topological polar surface area (TPSA) is 98.3 Å². The van der Waals surface area contributed by atoms with Gasteiger partial charge in [0, 0.05) is 36.1 Å². The monoisotopic (exact) mass is 315 g/mol. The quantitative estimate of drug-likeness (QED) is 0.866. The molecule has 2 fully saturated rings. The predicted molar refractivity (Wildman–Crippen MR) is 82.2 cm³/mol. The van der Waals surface area contributed by atoms with Crippen molar-refractivity contribution >= 4 is 29.2 Å². The van der Waals surface area contributed by atoms with Crippen LogP contribution in [0.25, 0.3) is 0 Å². The van der Waals surface area contributed by atoms with E-state index in [1.165, 1.54) is 6.92 Å². The molecule has 3 rings (SSSR count). The molecule has 6 nitrogen and oxygen atoms in total. The molecule has 0 aromatic heterocycles. The third kappa shape index (κ3) is 3.06. The molecular weight excluding hydrogens is 296 g/mol. The number of amides is 2. The molecule has 23 heavy (non-hydrogen) atoms. The van der Waals surface area contributed by atoms with E-state index in [2.05, 4.69) is 10.6 Å². The van der Waals surface area contributed by atoms with E-state index in [1.807, 2.05) is 0 Å². The van der Waals surface area contributed by atoms with E-state index in [9.17, 15) is 19.5 Å². The number of fused-ring (bicyclic) bond motifs is 2. The molecular formula is C17H19N2O4-. The first-order chi connectivity index (χ1) is 11.0. The minimum atomic E-state index is -1.11. The van der Waals surface area contributed by atoms with E-state index in [-0.39, 0.29) is 23.7 Å². The van der Waals surface area contributed by atoms with Crippen molar-refractivity contribution in [3.63, 3.8) is 0 Å². The normalized spacial score (nSPS) is 28.4. The number of carbonyl (C=O) groups excluding carboxylic acids is 3. The fraction of sp³-hybridized carbons (Fsp3) is 0.471. The van der Waals surface area contributed by atoms with E-state index < -0.39 is 17.8 Å². The van der Waals surface area contributed by atoms with E-state index in [0.717, 1.165) is 19.3 Å². The zero-order valence-corrected chi connectivity index (χ0v) is 12.9. The Bertz CT molecular complexity index is 640. The third-order valence-electron chi connectivity index (χ3n) is 4.96. The van der Waals surface area contributed by atoms with Crippen LogP contribution in [-0.2, 0) is 14.4 Å². The summed E-state index contributed by atoms with van der Waals surface area (Å²) in [5.74, 6) is -2.50. The Labute approximate surface area is 134 Å². The molecule has 4 atom stereocenters. The lowest BCUT2D eigenvalue weighted by Crippen LogP contribution is -2.43. The summed E-state index contributed by atoms with van der Waals surface area (Å²) in [6, 6.07) is 6.75. The molecule has 4 unspecified atom stereocenters. The molecule has 2 saturated carbocycles. The van der Waals surface area contributed by atoms with Crippen LogP contribution in [0.2, 0.25) is 0 Å². The van der Waals surface area contributed by atoms with Crippen molar-refractivity contribution < 1.29 is 19.5 Å². The summed E-state index contributed by atoms with van der Waals surface area (Å²) in [6.45, 7) is 1.42. The lowest BCUT2D eigenvalue weighted by Gasteiger charge is -2.30. The number of hydrogen-bond donors (Lipinski definition) is 2. The summed E-state index contributed by atoms with van der Waals surface area (Å²) >= 11 is 0. The zero-order chi connectivity index (χ0) is 16.6. The molecule has 2 amide bonds. The number of benzene rings is 1. The summed E-state index contributed by atoms with van der Waals surface area (Å²) in [7, 11) is 0. The van der Waals surface area contributed by atoms with Crippen LogP contribution < -0.4 is 15.7 Å². The molecule has 0 aliphatic heterocycles. The second-order valence-corrected chi connectivity index (χ2v) is 6.45. The van der Waals surface area contributed by atoms with Gasteiger partial charge in [0.05, 0.1) is 0 Å². The Kier molecular flexibility index (Phi) is 4.07. The van der Waals surface area contributed by atoms with Gasteiger partial charge in [-0.15, -0.1) is 0 Å². The molecule has 0 heterocycles. The minimum absolute atomic E-state index is 0.0721. The van der Waals surface area contributed by atoms with E-state index >= 15 is 0 Å². The summed E-state index contributed by atoms with van der Waals surface area (Å²) in [5.41, 5.74) is 1.23. The molecule has 2 bridgehead atoms. The van der Waals surface area contributed by atoms with Crippen molar-refractivity contribution in [1.29, 1.82) is 0 Å². The highest BCUT2D eigenvalue weighted by Crippen LogP contribution is 2.52. The van der Waals surface area contributed by atoms with Crippen molar-refractivity contribution in [3.8, 4) is 0 Å². The Balaban J connectivity index is 1.69. The number of nitrogens with one attached hydrogen (secondary N) is 2. The number of carboxylic acid groups (broad SMARTS) is 1. The molecule has 2 aliphatic carbocycles. The molecule has 0 saturated heterocycles. The van der Waals surface area contributed by atoms with Crippen LogP contribution in [0.4, 0.5) is 11.4 Å². The summed E-state index contributed by atoms with van der Waals surface area (Å²) in [6.07, 6.45) is 2.59. The number of carboxylic acids is 1. The van der Waals surface area contributed by atoms with Gasteiger partial charge in [-0.2, -0.15) is 0 Å². The van der Waals surface area contributed by atoms with E-state index in [1.54, 1.807) is 24.3 Å². The highest BCUT2D eigenvalue weighted by Gasteiger charge is 2.51. The van der Waals surface area contributed by atoms with Gasteiger partial charge in [-0.1, -0.05) is 0 Å². The van der Waals surface area contributed by atoms with Gasteiger partial charge in [0.25, 0.3) is 0 Å². The number of anilines is 2. The number of aliphatic carboxylic acids is 1. The first-order valence-electron chi connectivity index (χ1n) is 7.85. The zero-order valence-electron chi connectivity index (χ0n) is 12.9.